The Balaban J connectivity index is 2.01. The number of nitrogen functional groups attached to an aromatic ring is 1. The summed E-state index contributed by atoms with van der Waals surface area (Å²) in [7, 11) is 0. The minimum atomic E-state index is 0.360. The number of hydrogen-bond acceptors (Lipinski definition) is 4. The second kappa shape index (κ2) is 4.37. The predicted molar refractivity (Wildman–Crippen MR) is 79.2 cm³/mol. The molecule has 0 aliphatic carbocycles. The van der Waals surface area contributed by atoms with Crippen LogP contribution in [0.2, 0.25) is 0 Å². The summed E-state index contributed by atoms with van der Waals surface area (Å²) >= 11 is 0. The second-order valence-electron chi connectivity index (χ2n) is 6.07. The van der Waals surface area contributed by atoms with Gasteiger partial charge in [0.2, 0.25) is 5.95 Å². The summed E-state index contributed by atoms with van der Waals surface area (Å²) in [6.07, 6.45) is 2.37. The summed E-state index contributed by atoms with van der Waals surface area (Å²) in [4.78, 5) is 11.1. The molecule has 100 valence electrons. The van der Waals surface area contributed by atoms with Gasteiger partial charge in [-0.3, -0.25) is 0 Å². The maximum absolute atomic E-state index is 5.84. The van der Waals surface area contributed by atoms with Crippen molar-refractivity contribution >= 4 is 22.7 Å². The number of fused-ring (bicyclic) bond motifs is 1. The van der Waals surface area contributed by atoms with Crippen LogP contribution in [0.4, 0.5) is 11.8 Å². The average molecular weight is 256 g/mol. The van der Waals surface area contributed by atoms with Crippen LogP contribution in [0, 0.1) is 5.41 Å². The number of anilines is 2. The fraction of sp³-hybridized carbons (Fsp3) is 0.467. The topological polar surface area (TPSA) is 55.0 Å². The van der Waals surface area contributed by atoms with Crippen molar-refractivity contribution < 1.29 is 0 Å². The lowest BCUT2D eigenvalue weighted by molar-refractivity contribution is 0.279. The van der Waals surface area contributed by atoms with Gasteiger partial charge >= 0.3 is 0 Å². The highest BCUT2D eigenvalue weighted by atomic mass is 15.2. The van der Waals surface area contributed by atoms with Crippen molar-refractivity contribution in [2.75, 3.05) is 23.7 Å². The SMILES string of the molecule is CC1(C)CCN(c2nc(N)nc3ccccc23)CC1. The van der Waals surface area contributed by atoms with Crippen molar-refractivity contribution in [2.24, 2.45) is 5.41 Å². The molecule has 1 aliphatic rings. The molecule has 4 heteroatoms. The van der Waals surface area contributed by atoms with Gasteiger partial charge < -0.3 is 10.6 Å². The van der Waals surface area contributed by atoms with Crippen molar-refractivity contribution in [3.63, 3.8) is 0 Å². The monoisotopic (exact) mass is 256 g/mol. The lowest BCUT2D eigenvalue weighted by Gasteiger charge is -2.37. The summed E-state index contributed by atoms with van der Waals surface area (Å²) in [6, 6.07) is 8.08. The van der Waals surface area contributed by atoms with Crippen molar-refractivity contribution in [3.8, 4) is 0 Å². The number of hydrogen-bond donors (Lipinski definition) is 1. The molecule has 4 nitrogen and oxygen atoms in total. The maximum atomic E-state index is 5.84. The Bertz CT molecular complexity index is 596. The van der Waals surface area contributed by atoms with Gasteiger partial charge in [-0.25, -0.2) is 4.98 Å². The summed E-state index contributed by atoms with van der Waals surface area (Å²) in [5.41, 5.74) is 7.20. The highest BCUT2D eigenvalue weighted by Gasteiger charge is 2.27. The van der Waals surface area contributed by atoms with Crippen LogP contribution in [-0.4, -0.2) is 23.1 Å². The van der Waals surface area contributed by atoms with Gasteiger partial charge in [-0.05, 0) is 30.4 Å². The molecule has 3 rings (SSSR count). The van der Waals surface area contributed by atoms with E-state index < -0.39 is 0 Å². The van der Waals surface area contributed by atoms with E-state index in [9.17, 15) is 0 Å². The van der Waals surface area contributed by atoms with E-state index in [4.69, 9.17) is 5.73 Å². The molecule has 19 heavy (non-hydrogen) atoms. The van der Waals surface area contributed by atoms with Crippen molar-refractivity contribution in [1.82, 2.24) is 9.97 Å². The van der Waals surface area contributed by atoms with Crippen LogP contribution in [0.5, 0.6) is 0 Å². The molecule has 1 aromatic carbocycles. The van der Waals surface area contributed by atoms with Gasteiger partial charge in [0.15, 0.2) is 0 Å². The van der Waals surface area contributed by atoms with Gasteiger partial charge in [0.05, 0.1) is 5.52 Å². The van der Waals surface area contributed by atoms with E-state index in [-0.39, 0.29) is 0 Å². The number of aromatic nitrogens is 2. The second-order valence-corrected chi connectivity index (χ2v) is 6.07. The average Bonchev–Trinajstić information content (AvgIpc) is 2.38. The molecule has 0 saturated carbocycles. The van der Waals surface area contributed by atoms with Crippen LogP contribution in [0.3, 0.4) is 0 Å². The lowest BCUT2D eigenvalue weighted by Crippen LogP contribution is -2.38. The largest absolute Gasteiger partial charge is 0.368 e. The molecule has 0 bridgehead atoms. The summed E-state index contributed by atoms with van der Waals surface area (Å²) in [6.45, 7) is 6.73. The number of para-hydroxylation sites is 1. The van der Waals surface area contributed by atoms with Crippen LogP contribution in [0.1, 0.15) is 26.7 Å². The molecular formula is C15H20N4. The van der Waals surface area contributed by atoms with Gasteiger partial charge in [-0.2, -0.15) is 4.98 Å². The van der Waals surface area contributed by atoms with Gasteiger partial charge in [0.25, 0.3) is 0 Å². The Morgan fingerprint density at radius 3 is 2.53 bits per heavy atom. The number of rotatable bonds is 1. The first kappa shape index (κ1) is 12.2. The number of nitrogens with zero attached hydrogens (tertiary/aromatic N) is 3. The smallest absolute Gasteiger partial charge is 0.222 e. The van der Waals surface area contributed by atoms with Crippen molar-refractivity contribution in [2.45, 2.75) is 26.7 Å². The van der Waals surface area contributed by atoms with E-state index in [0.717, 1.165) is 29.8 Å². The van der Waals surface area contributed by atoms with Crippen LogP contribution >= 0.6 is 0 Å². The third-order valence-corrected chi connectivity index (χ3v) is 4.02. The minimum Gasteiger partial charge on any atom is -0.368 e. The first-order chi connectivity index (χ1) is 9.05. The van der Waals surface area contributed by atoms with Gasteiger partial charge in [0, 0.05) is 18.5 Å². The highest BCUT2D eigenvalue weighted by Crippen LogP contribution is 2.33. The van der Waals surface area contributed by atoms with Crippen LogP contribution in [0.25, 0.3) is 10.9 Å². The minimum absolute atomic E-state index is 0.360. The molecule has 0 amide bonds. The van der Waals surface area contributed by atoms with E-state index >= 15 is 0 Å². The van der Waals surface area contributed by atoms with Crippen LogP contribution < -0.4 is 10.6 Å². The first-order valence-electron chi connectivity index (χ1n) is 6.82. The molecule has 0 spiro atoms. The van der Waals surface area contributed by atoms with E-state index in [1.807, 2.05) is 18.2 Å². The quantitative estimate of drug-likeness (QED) is 0.852. The summed E-state index contributed by atoms with van der Waals surface area (Å²) in [5, 5.41) is 1.09. The number of benzene rings is 1. The molecule has 0 atom stereocenters. The van der Waals surface area contributed by atoms with Crippen LogP contribution in [0.15, 0.2) is 24.3 Å². The number of piperidine rings is 1. The Morgan fingerprint density at radius 1 is 1.11 bits per heavy atom. The standard InChI is InChI=1S/C15H20N4/c1-15(2)7-9-19(10-8-15)13-11-5-3-4-6-12(11)17-14(16)18-13/h3-6H,7-10H2,1-2H3,(H2,16,17,18). The molecule has 0 unspecified atom stereocenters. The molecule has 1 fully saturated rings. The molecule has 1 saturated heterocycles. The van der Waals surface area contributed by atoms with Gasteiger partial charge in [0.1, 0.15) is 5.82 Å². The molecule has 1 aromatic heterocycles. The summed E-state index contributed by atoms with van der Waals surface area (Å²) < 4.78 is 0. The molecule has 2 aromatic rings. The normalized spacial score (nSPS) is 18.7. The molecule has 1 aliphatic heterocycles. The Kier molecular flexibility index (Phi) is 2.81. The van der Waals surface area contributed by atoms with E-state index in [1.165, 1.54) is 12.8 Å². The fourth-order valence-electron chi connectivity index (χ4n) is 2.64. The predicted octanol–water partition coefficient (Wildman–Crippen LogP) is 2.84. The highest BCUT2D eigenvalue weighted by molar-refractivity contribution is 5.90. The fourth-order valence-corrected chi connectivity index (χ4v) is 2.64. The summed E-state index contributed by atoms with van der Waals surface area (Å²) in [5.74, 6) is 1.34. The Labute approximate surface area is 113 Å². The molecule has 0 radical (unpaired) electrons. The van der Waals surface area contributed by atoms with Gasteiger partial charge in [-0.15, -0.1) is 0 Å². The van der Waals surface area contributed by atoms with E-state index in [1.54, 1.807) is 0 Å². The lowest BCUT2D eigenvalue weighted by atomic mass is 9.82. The number of nitrogens with two attached hydrogens (primary N) is 1. The molecular weight excluding hydrogens is 236 g/mol. The van der Waals surface area contributed by atoms with Crippen LogP contribution in [-0.2, 0) is 0 Å². The Hall–Kier alpha value is -1.84. The third kappa shape index (κ3) is 2.35. The maximum Gasteiger partial charge on any atom is 0.222 e. The molecule has 2 heterocycles. The zero-order valence-electron chi connectivity index (χ0n) is 11.6. The zero-order chi connectivity index (χ0) is 13.5. The third-order valence-electron chi connectivity index (χ3n) is 4.02. The zero-order valence-corrected chi connectivity index (χ0v) is 11.6. The van der Waals surface area contributed by atoms with E-state index in [0.29, 0.717) is 11.4 Å². The molecule has 2 N–H and O–H groups in total. The Morgan fingerprint density at radius 2 is 1.79 bits per heavy atom. The first-order valence-corrected chi connectivity index (χ1v) is 6.82. The van der Waals surface area contributed by atoms with E-state index in [2.05, 4.69) is 34.8 Å². The van der Waals surface area contributed by atoms with Gasteiger partial charge in [-0.1, -0.05) is 26.0 Å². The van der Waals surface area contributed by atoms with Crippen molar-refractivity contribution in [3.05, 3.63) is 24.3 Å². The van der Waals surface area contributed by atoms with Crippen molar-refractivity contribution in [1.29, 1.82) is 0 Å².